The van der Waals surface area contributed by atoms with E-state index in [2.05, 4.69) is 26.2 Å². The summed E-state index contributed by atoms with van der Waals surface area (Å²) in [6, 6.07) is 6.05. The molecule has 1 heterocycles. The van der Waals surface area contributed by atoms with E-state index in [9.17, 15) is 18.0 Å². The molecule has 0 spiro atoms. The SMILES string of the molecule is O=C(Nc1cc(Br)cc(C(F)(F)F)c1)c1cccnc1Cl. The number of hydrogen-bond acceptors (Lipinski definition) is 2. The molecule has 3 nitrogen and oxygen atoms in total. The first-order valence-electron chi connectivity index (χ1n) is 5.57. The lowest BCUT2D eigenvalue weighted by atomic mass is 10.2. The normalized spacial score (nSPS) is 11.3. The van der Waals surface area contributed by atoms with E-state index in [-0.39, 0.29) is 20.9 Å². The summed E-state index contributed by atoms with van der Waals surface area (Å²) >= 11 is 8.74. The maximum Gasteiger partial charge on any atom is 0.416 e. The fourth-order valence-electron chi connectivity index (χ4n) is 1.58. The summed E-state index contributed by atoms with van der Waals surface area (Å²) in [6.07, 6.45) is -3.10. The molecule has 8 heteroatoms. The molecule has 0 unspecified atom stereocenters. The van der Waals surface area contributed by atoms with E-state index in [1.54, 1.807) is 0 Å². The van der Waals surface area contributed by atoms with Crippen LogP contribution in [0.15, 0.2) is 41.0 Å². The largest absolute Gasteiger partial charge is 0.416 e. The van der Waals surface area contributed by atoms with Crippen molar-refractivity contribution in [2.24, 2.45) is 0 Å². The van der Waals surface area contributed by atoms with Gasteiger partial charge in [0, 0.05) is 16.4 Å². The van der Waals surface area contributed by atoms with Gasteiger partial charge in [-0.2, -0.15) is 13.2 Å². The highest BCUT2D eigenvalue weighted by atomic mass is 79.9. The Morgan fingerprint density at radius 3 is 2.62 bits per heavy atom. The topological polar surface area (TPSA) is 42.0 Å². The lowest BCUT2D eigenvalue weighted by molar-refractivity contribution is -0.137. The average molecular weight is 380 g/mol. The molecule has 0 aliphatic rings. The zero-order chi connectivity index (χ0) is 15.6. The molecule has 110 valence electrons. The molecular weight excluding hydrogens is 373 g/mol. The number of hydrogen-bond donors (Lipinski definition) is 1. The van der Waals surface area contributed by atoms with Crippen LogP contribution in [0.5, 0.6) is 0 Å². The second-order valence-corrected chi connectivity index (χ2v) is 5.30. The van der Waals surface area contributed by atoms with Gasteiger partial charge in [-0.15, -0.1) is 0 Å². The number of alkyl halides is 3. The van der Waals surface area contributed by atoms with Crippen LogP contribution in [0.2, 0.25) is 5.15 Å². The second-order valence-electron chi connectivity index (χ2n) is 4.02. The number of carbonyl (C=O) groups excluding carboxylic acids is 1. The monoisotopic (exact) mass is 378 g/mol. The highest BCUT2D eigenvalue weighted by Gasteiger charge is 2.31. The van der Waals surface area contributed by atoms with E-state index in [1.807, 2.05) is 0 Å². The Balaban J connectivity index is 2.30. The molecule has 1 aromatic heterocycles. The number of carbonyl (C=O) groups is 1. The van der Waals surface area contributed by atoms with Crippen molar-refractivity contribution in [1.82, 2.24) is 4.98 Å². The summed E-state index contributed by atoms with van der Waals surface area (Å²) in [6.45, 7) is 0. The van der Waals surface area contributed by atoms with E-state index in [4.69, 9.17) is 11.6 Å². The molecule has 2 rings (SSSR count). The van der Waals surface area contributed by atoms with Gasteiger partial charge in [-0.1, -0.05) is 27.5 Å². The second kappa shape index (κ2) is 6.03. The van der Waals surface area contributed by atoms with Gasteiger partial charge in [-0.3, -0.25) is 4.79 Å². The number of benzene rings is 1. The van der Waals surface area contributed by atoms with E-state index in [1.165, 1.54) is 24.4 Å². The van der Waals surface area contributed by atoms with Gasteiger partial charge < -0.3 is 5.32 Å². The molecule has 0 atom stereocenters. The molecule has 0 saturated carbocycles. The molecule has 21 heavy (non-hydrogen) atoms. The van der Waals surface area contributed by atoms with E-state index < -0.39 is 17.6 Å². The van der Waals surface area contributed by atoms with Crippen LogP contribution in [-0.4, -0.2) is 10.9 Å². The zero-order valence-electron chi connectivity index (χ0n) is 10.2. The maximum absolute atomic E-state index is 12.7. The van der Waals surface area contributed by atoms with Gasteiger partial charge in [0.1, 0.15) is 5.15 Å². The van der Waals surface area contributed by atoms with Crippen molar-refractivity contribution in [3.8, 4) is 0 Å². The maximum atomic E-state index is 12.7. The van der Waals surface area contributed by atoms with Gasteiger partial charge in [0.2, 0.25) is 0 Å². The molecule has 0 radical (unpaired) electrons. The quantitative estimate of drug-likeness (QED) is 0.764. The first kappa shape index (κ1) is 15.8. The number of amides is 1. The van der Waals surface area contributed by atoms with Gasteiger partial charge in [-0.05, 0) is 30.3 Å². The third kappa shape index (κ3) is 3.95. The van der Waals surface area contributed by atoms with Crippen LogP contribution >= 0.6 is 27.5 Å². The Bertz CT molecular complexity index is 691. The van der Waals surface area contributed by atoms with E-state index in [0.29, 0.717) is 0 Å². The fraction of sp³-hybridized carbons (Fsp3) is 0.0769. The molecule has 2 aromatic rings. The minimum Gasteiger partial charge on any atom is -0.322 e. The Morgan fingerprint density at radius 1 is 1.29 bits per heavy atom. The summed E-state index contributed by atoms with van der Waals surface area (Å²) in [5, 5.41) is 2.33. The molecule has 0 fully saturated rings. The summed E-state index contributed by atoms with van der Waals surface area (Å²) in [7, 11) is 0. The molecule has 0 aliphatic carbocycles. The Labute approximate surface area is 131 Å². The van der Waals surface area contributed by atoms with E-state index >= 15 is 0 Å². The van der Waals surface area contributed by atoms with Gasteiger partial charge in [0.15, 0.2) is 0 Å². The minimum atomic E-state index is -4.50. The molecule has 0 saturated heterocycles. The van der Waals surface area contributed by atoms with Crippen LogP contribution < -0.4 is 5.32 Å². The summed E-state index contributed by atoms with van der Waals surface area (Å²) in [4.78, 5) is 15.7. The zero-order valence-corrected chi connectivity index (χ0v) is 12.6. The van der Waals surface area contributed by atoms with Gasteiger partial charge in [0.05, 0.1) is 11.1 Å². The molecule has 0 aliphatic heterocycles. The van der Waals surface area contributed by atoms with Crippen LogP contribution in [-0.2, 0) is 6.18 Å². The van der Waals surface area contributed by atoms with Gasteiger partial charge >= 0.3 is 6.18 Å². The third-order valence-electron chi connectivity index (χ3n) is 2.49. The number of nitrogens with zero attached hydrogens (tertiary/aromatic N) is 1. The van der Waals surface area contributed by atoms with Gasteiger partial charge in [-0.25, -0.2) is 4.98 Å². The molecule has 1 amide bonds. The molecule has 1 aromatic carbocycles. The Morgan fingerprint density at radius 2 is 2.00 bits per heavy atom. The van der Waals surface area contributed by atoms with Crippen molar-refractivity contribution in [2.75, 3.05) is 5.32 Å². The highest BCUT2D eigenvalue weighted by molar-refractivity contribution is 9.10. The Kier molecular flexibility index (Phi) is 4.53. The van der Waals surface area contributed by atoms with Crippen LogP contribution in [0.4, 0.5) is 18.9 Å². The van der Waals surface area contributed by atoms with Crippen molar-refractivity contribution < 1.29 is 18.0 Å². The smallest absolute Gasteiger partial charge is 0.322 e. The van der Waals surface area contributed by atoms with Crippen molar-refractivity contribution in [3.63, 3.8) is 0 Å². The fourth-order valence-corrected chi connectivity index (χ4v) is 2.28. The number of anilines is 1. The number of nitrogens with one attached hydrogen (secondary N) is 1. The standard InChI is InChI=1S/C13H7BrClF3N2O/c14-8-4-7(13(16,17)18)5-9(6-8)20-12(21)10-2-1-3-19-11(10)15/h1-6H,(H,20,21). The number of pyridine rings is 1. The highest BCUT2D eigenvalue weighted by Crippen LogP contribution is 2.33. The lowest BCUT2D eigenvalue weighted by Gasteiger charge is -2.11. The number of aromatic nitrogens is 1. The minimum absolute atomic E-state index is 0.00150. The van der Waals surface area contributed by atoms with Crippen molar-refractivity contribution in [1.29, 1.82) is 0 Å². The summed E-state index contributed by atoms with van der Waals surface area (Å²) < 4.78 is 38.3. The van der Waals surface area contributed by atoms with Crippen LogP contribution in [0, 0.1) is 0 Å². The summed E-state index contributed by atoms with van der Waals surface area (Å²) in [5.41, 5.74) is -0.793. The first-order chi connectivity index (χ1) is 9.77. The third-order valence-corrected chi connectivity index (χ3v) is 3.25. The number of halogens is 5. The predicted octanol–water partition coefficient (Wildman–Crippen LogP) is 4.77. The number of rotatable bonds is 2. The molecule has 1 N–H and O–H groups in total. The van der Waals surface area contributed by atoms with Crippen LogP contribution in [0.25, 0.3) is 0 Å². The molecular formula is C13H7BrClF3N2O. The van der Waals surface area contributed by atoms with Crippen LogP contribution in [0.3, 0.4) is 0 Å². The van der Waals surface area contributed by atoms with Gasteiger partial charge in [0.25, 0.3) is 5.91 Å². The van der Waals surface area contributed by atoms with Crippen molar-refractivity contribution in [3.05, 3.63) is 57.3 Å². The van der Waals surface area contributed by atoms with Crippen molar-refractivity contribution >= 4 is 39.1 Å². The van der Waals surface area contributed by atoms with Crippen molar-refractivity contribution in [2.45, 2.75) is 6.18 Å². The van der Waals surface area contributed by atoms with Crippen LogP contribution in [0.1, 0.15) is 15.9 Å². The Hall–Kier alpha value is -1.60. The predicted molar refractivity (Wildman–Crippen MR) is 76.3 cm³/mol. The van der Waals surface area contributed by atoms with E-state index in [0.717, 1.165) is 12.1 Å². The summed E-state index contributed by atoms with van der Waals surface area (Å²) in [5.74, 6) is -0.640. The lowest BCUT2D eigenvalue weighted by Crippen LogP contribution is -2.14. The average Bonchev–Trinajstić information content (AvgIpc) is 2.37. The molecule has 0 bridgehead atoms. The first-order valence-corrected chi connectivity index (χ1v) is 6.74.